The number of carbonyl (C=O) groups is 2. The zero-order chi connectivity index (χ0) is 18.5. The van der Waals surface area contributed by atoms with Crippen molar-refractivity contribution < 1.29 is 19.1 Å². The van der Waals surface area contributed by atoms with Crippen LogP contribution in [-0.4, -0.2) is 53.7 Å². The van der Waals surface area contributed by atoms with E-state index < -0.39 is 5.91 Å². The predicted molar refractivity (Wildman–Crippen MR) is 94.1 cm³/mol. The van der Waals surface area contributed by atoms with Crippen LogP contribution >= 0.6 is 0 Å². The van der Waals surface area contributed by atoms with Crippen LogP contribution in [0, 0.1) is 0 Å². The molecule has 1 fully saturated rings. The van der Waals surface area contributed by atoms with Crippen LogP contribution in [-0.2, 0) is 4.79 Å². The van der Waals surface area contributed by atoms with Gasteiger partial charge in [0.25, 0.3) is 11.8 Å². The van der Waals surface area contributed by atoms with Gasteiger partial charge >= 0.3 is 0 Å². The summed E-state index contributed by atoms with van der Waals surface area (Å²) in [7, 11) is 1.60. The predicted octanol–water partition coefficient (Wildman–Crippen LogP) is 1.30. The number of hydrogen-bond donors (Lipinski definition) is 2. The van der Waals surface area contributed by atoms with Crippen LogP contribution in [0.15, 0.2) is 30.3 Å². The lowest BCUT2D eigenvalue weighted by Crippen LogP contribution is -2.40. The number of amides is 2. The Kier molecular flexibility index (Phi) is 5.40. The Morgan fingerprint density at radius 1 is 1.23 bits per heavy atom. The minimum Gasteiger partial charge on any atom is -0.497 e. The number of methoxy groups -OCH3 is 1. The quantitative estimate of drug-likeness (QED) is 0.809. The van der Waals surface area contributed by atoms with E-state index in [0.717, 1.165) is 24.3 Å². The highest BCUT2D eigenvalue weighted by molar-refractivity contribution is 5.90. The van der Waals surface area contributed by atoms with Crippen LogP contribution in [0.2, 0.25) is 0 Å². The van der Waals surface area contributed by atoms with Gasteiger partial charge in [-0.05, 0) is 43.2 Å². The summed E-state index contributed by atoms with van der Waals surface area (Å²) >= 11 is 0. The van der Waals surface area contributed by atoms with Gasteiger partial charge in [-0.1, -0.05) is 0 Å². The number of carbonyl (C=O) groups excluding carboxylic acids is 2. The number of nitrogens with zero attached hydrogens (tertiary/aromatic N) is 2. The fraction of sp³-hybridized carbons (Fsp3) is 0.389. The molecule has 1 aromatic carbocycles. The first kappa shape index (κ1) is 17.8. The first-order valence-corrected chi connectivity index (χ1v) is 8.46. The lowest BCUT2D eigenvalue weighted by Gasteiger charge is -2.31. The van der Waals surface area contributed by atoms with Crippen molar-refractivity contribution in [2.24, 2.45) is 5.73 Å². The minimum atomic E-state index is -0.546. The standard InChI is InChI=1S/C18H22N4O4/c1-25-13-2-4-14(5-3-13)26-11-17(23)22-8-6-12(7-9-22)15-10-16(18(19)24)21-20-15/h2-5,10,12H,6-9,11H2,1H3,(H2,19,24)(H,20,21). The largest absolute Gasteiger partial charge is 0.497 e. The van der Waals surface area contributed by atoms with E-state index in [4.69, 9.17) is 15.2 Å². The molecule has 0 saturated carbocycles. The maximum absolute atomic E-state index is 12.3. The van der Waals surface area contributed by atoms with Gasteiger partial charge in [-0.2, -0.15) is 5.10 Å². The lowest BCUT2D eigenvalue weighted by atomic mass is 9.93. The number of aromatic nitrogens is 2. The second kappa shape index (κ2) is 7.90. The van der Waals surface area contributed by atoms with Crippen LogP contribution in [0.5, 0.6) is 11.5 Å². The van der Waals surface area contributed by atoms with E-state index in [1.807, 2.05) is 0 Å². The van der Waals surface area contributed by atoms with Crippen LogP contribution < -0.4 is 15.2 Å². The molecule has 2 amide bonds. The number of ether oxygens (including phenoxy) is 2. The average Bonchev–Trinajstić information content (AvgIpc) is 3.17. The van der Waals surface area contributed by atoms with Crippen molar-refractivity contribution in [3.8, 4) is 11.5 Å². The molecule has 3 rings (SSSR count). The Morgan fingerprint density at radius 2 is 1.88 bits per heavy atom. The summed E-state index contributed by atoms with van der Waals surface area (Å²) in [5.74, 6) is 1.02. The third kappa shape index (κ3) is 4.14. The van der Waals surface area contributed by atoms with Crippen molar-refractivity contribution in [3.63, 3.8) is 0 Å². The normalized spacial score (nSPS) is 14.9. The molecule has 26 heavy (non-hydrogen) atoms. The molecule has 8 heteroatoms. The summed E-state index contributed by atoms with van der Waals surface area (Å²) in [5.41, 5.74) is 6.35. The van der Waals surface area contributed by atoms with Crippen LogP contribution in [0.4, 0.5) is 0 Å². The Labute approximate surface area is 151 Å². The molecule has 0 bridgehead atoms. The second-order valence-electron chi connectivity index (χ2n) is 6.19. The van der Waals surface area contributed by atoms with Crippen LogP contribution in [0.25, 0.3) is 0 Å². The minimum absolute atomic E-state index is 0.00682. The van der Waals surface area contributed by atoms with E-state index in [0.29, 0.717) is 18.8 Å². The molecule has 1 aliphatic rings. The highest BCUT2D eigenvalue weighted by Crippen LogP contribution is 2.27. The maximum Gasteiger partial charge on any atom is 0.269 e. The van der Waals surface area contributed by atoms with E-state index in [1.54, 1.807) is 42.3 Å². The number of nitrogens with two attached hydrogens (primary N) is 1. The van der Waals surface area contributed by atoms with Gasteiger partial charge in [-0.3, -0.25) is 14.7 Å². The SMILES string of the molecule is COc1ccc(OCC(=O)N2CCC(c3cc(C(N)=O)n[nH]3)CC2)cc1. The first-order valence-electron chi connectivity index (χ1n) is 8.46. The smallest absolute Gasteiger partial charge is 0.269 e. The van der Waals surface area contributed by atoms with E-state index >= 15 is 0 Å². The summed E-state index contributed by atoms with van der Waals surface area (Å²) in [4.78, 5) is 25.3. The first-order chi connectivity index (χ1) is 12.6. The Morgan fingerprint density at radius 3 is 2.46 bits per heavy atom. The molecular weight excluding hydrogens is 336 g/mol. The van der Waals surface area contributed by atoms with Crippen molar-refractivity contribution in [3.05, 3.63) is 41.7 Å². The topological polar surface area (TPSA) is 111 Å². The number of piperidine rings is 1. The fourth-order valence-corrected chi connectivity index (χ4v) is 3.02. The zero-order valence-electron chi connectivity index (χ0n) is 14.6. The number of primary amides is 1. The number of benzene rings is 1. The highest BCUT2D eigenvalue weighted by atomic mass is 16.5. The lowest BCUT2D eigenvalue weighted by molar-refractivity contribution is -0.134. The molecule has 2 aromatic rings. The van der Waals surface area contributed by atoms with Gasteiger partial charge in [0.05, 0.1) is 7.11 Å². The summed E-state index contributed by atoms with van der Waals surface area (Å²) in [5, 5.41) is 6.78. The molecule has 0 aliphatic carbocycles. The number of likely N-dealkylation sites (tertiary alicyclic amines) is 1. The number of nitrogens with one attached hydrogen (secondary N) is 1. The number of rotatable bonds is 6. The van der Waals surface area contributed by atoms with E-state index in [-0.39, 0.29) is 24.1 Å². The van der Waals surface area contributed by atoms with Gasteiger partial charge in [0, 0.05) is 24.7 Å². The van der Waals surface area contributed by atoms with Gasteiger partial charge < -0.3 is 20.1 Å². The van der Waals surface area contributed by atoms with E-state index in [1.165, 1.54) is 0 Å². The van der Waals surface area contributed by atoms with E-state index in [9.17, 15) is 9.59 Å². The summed E-state index contributed by atoms with van der Waals surface area (Å²) in [6.45, 7) is 1.29. The summed E-state index contributed by atoms with van der Waals surface area (Å²) < 4.78 is 10.6. The van der Waals surface area contributed by atoms with Crippen molar-refractivity contribution in [2.75, 3.05) is 26.8 Å². The number of hydrogen-bond acceptors (Lipinski definition) is 5. The molecule has 8 nitrogen and oxygen atoms in total. The molecule has 2 heterocycles. The van der Waals surface area contributed by atoms with Crippen LogP contribution in [0.3, 0.4) is 0 Å². The Bertz CT molecular complexity index is 764. The fourth-order valence-electron chi connectivity index (χ4n) is 3.02. The van der Waals surface area contributed by atoms with Gasteiger partial charge in [0.2, 0.25) is 0 Å². The maximum atomic E-state index is 12.3. The molecule has 0 unspecified atom stereocenters. The van der Waals surface area contributed by atoms with Gasteiger partial charge in [-0.25, -0.2) is 0 Å². The monoisotopic (exact) mass is 358 g/mol. The zero-order valence-corrected chi connectivity index (χ0v) is 14.6. The molecule has 1 saturated heterocycles. The molecule has 1 aliphatic heterocycles. The second-order valence-corrected chi connectivity index (χ2v) is 6.19. The summed E-state index contributed by atoms with van der Waals surface area (Å²) in [6.07, 6.45) is 1.60. The molecule has 138 valence electrons. The third-order valence-corrected chi connectivity index (χ3v) is 4.56. The molecular formula is C18H22N4O4. The molecule has 3 N–H and O–H groups in total. The molecule has 1 aromatic heterocycles. The van der Waals surface area contributed by atoms with Gasteiger partial charge in [0.15, 0.2) is 6.61 Å². The Balaban J connectivity index is 1.47. The van der Waals surface area contributed by atoms with E-state index in [2.05, 4.69) is 10.2 Å². The third-order valence-electron chi connectivity index (χ3n) is 4.56. The van der Waals surface area contributed by atoms with Crippen molar-refractivity contribution in [2.45, 2.75) is 18.8 Å². The highest BCUT2D eigenvalue weighted by Gasteiger charge is 2.25. The molecule has 0 atom stereocenters. The van der Waals surface area contributed by atoms with Crippen molar-refractivity contribution >= 4 is 11.8 Å². The molecule has 0 spiro atoms. The van der Waals surface area contributed by atoms with Gasteiger partial charge in [0.1, 0.15) is 17.2 Å². The van der Waals surface area contributed by atoms with Crippen molar-refractivity contribution in [1.29, 1.82) is 0 Å². The van der Waals surface area contributed by atoms with Gasteiger partial charge in [-0.15, -0.1) is 0 Å². The average molecular weight is 358 g/mol. The number of H-pyrrole nitrogens is 1. The van der Waals surface area contributed by atoms with Crippen LogP contribution in [0.1, 0.15) is 34.9 Å². The Hall–Kier alpha value is -3.03. The van der Waals surface area contributed by atoms with Crippen molar-refractivity contribution in [1.82, 2.24) is 15.1 Å². The number of aromatic amines is 1. The summed E-state index contributed by atoms with van der Waals surface area (Å²) in [6, 6.07) is 8.81. The molecule has 0 radical (unpaired) electrons.